The van der Waals surface area contributed by atoms with E-state index in [0.29, 0.717) is 18.5 Å². The van der Waals surface area contributed by atoms with E-state index in [1.807, 2.05) is 12.1 Å². The maximum atomic E-state index is 13.8. The van der Waals surface area contributed by atoms with Gasteiger partial charge in [-0.2, -0.15) is 13.2 Å². The van der Waals surface area contributed by atoms with Crippen molar-refractivity contribution >= 4 is 28.7 Å². The van der Waals surface area contributed by atoms with Gasteiger partial charge in [0.25, 0.3) is 5.91 Å². The molecule has 164 valence electrons. The molecule has 0 bridgehead atoms. The lowest BCUT2D eigenvalue weighted by molar-refractivity contribution is -0.136. The van der Waals surface area contributed by atoms with Crippen LogP contribution in [0, 0.1) is 0 Å². The molecule has 10 heteroatoms. The fourth-order valence-corrected chi connectivity index (χ4v) is 4.01. The number of carbonyl (C=O) groups is 1. The van der Waals surface area contributed by atoms with Gasteiger partial charge in [-0.05, 0) is 30.2 Å². The number of nitrogens with zero attached hydrogens (tertiary/aromatic N) is 3. The van der Waals surface area contributed by atoms with Gasteiger partial charge in [-0.1, -0.05) is 17.7 Å². The van der Waals surface area contributed by atoms with Crippen LogP contribution in [0.2, 0.25) is 5.15 Å². The molecule has 5 rings (SSSR count). The number of halogens is 4. The highest BCUT2D eigenvalue weighted by Gasteiger charge is 2.36. The predicted octanol–water partition coefficient (Wildman–Crippen LogP) is 5.79. The highest BCUT2D eigenvalue weighted by Crippen LogP contribution is 2.37. The zero-order valence-electron chi connectivity index (χ0n) is 16.4. The number of rotatable bonds is 3. The monoisotopic (exact) mass is 461 g/mol. The molecule has 1 amide bonds. The number of hydrogen-bond acceptors (Lipinski definition) is 4. The van der Waals surface area contributed by atoms with Crippen LogP contribution in [0.5, 0.6) is 0 Å². The van der Waals surface area contributed by atoms with Gasteiger partial charge in [0.15, 0.2) is 11.3 Å². The van der Waals surface area contributed by atoms with Crippen molar-refractivity contribution in [1.82, 2.24) is 14.3 Å². The smallest absolute Gasteiger partial charge is 0.420 e. The molecular weight excluding hydrogens is 447 g/mol. The molecule has 0 saturated carbocycles. The molecule has 6 nitrogen and oxygen atoms in total. The lowest BCUT2D eigenvalue weighted by Gasteiger charge is -2.25. The number of fused-ring (bicyclic) bond motifs is 1. The quantitative estimate of drug-likeness (QED) is 0.387. The zero-order valence-corrected chi connectivity index (χ0v) is 17.2. The summed E-state index contributed by atoms with van der Waals surface area (Å²) >= 11 is 6.37. The van der Waals surface area contributed by atoms with Crippen LogP contribution in [0.4, 0.5) is 13.2 Å². The van der Waals surface area contributed by atoms with Crippen LogP contribution in [-0.4, -0.2) is 33.3 Å². The van der Waals surface area contributed by atoms with Crippen LogP contribution in [0.1, 0.15) is 28.0 Å². The average molecular weight is 462 g/mol. The second-order valence-electron chi connectivity index (χ2n) is 7.34. The van der Waals surface area contributed by atoms with Gasteiger partial charge in [-0.15, -0.1) is 0 Å². The summed E-state index contributed by atoms with van der Waals surface area (Å²) in [5, 5.41) is -0.176. The molecule has 1 aliphatic heterocycles. The Bertz CT molecular complexity index is 1320. The minimum Gasteiger partial charge on any atom is -0.472 e. The third kappa shape index (κ3) is 3.48. The second kappa shape index (κ2) is 7.59. The minimum absolute atomic E-state index is 0.176. The Morgan fingerprint density at radius 2 is 1.81 bits per heavy atom. The van der Waals surface area contributed by atoms with Crippen LogP contribution in [-0.2, 0) is 6.18 Å². The van der Waals surface area contributed by atoms with Crippen molar-refractivity contribution in [3.63, 3.8) is 0 Å². The largest absolute Gasteiger partial charge is 0.472 e. The Morgan fingerprint density at radius 3 is 2.41 bits per heavy atom. The first-order valence-electron chi connectivity index (χ1n) is 9.65. The van der Waals surface area contributed by atoms with Crippen molar-refractivity contribution in [2.24, 2.45) is 0 Å². The predicted molar refractivity (Wildman–Crippen MR) is 110 cm³/mol. The van der Waals surface area contributed by atoms with Gasteiger partial charge in [-0.25, -0.2) is 4.98 Å². The molecule has 4 aromatic heterocycles. The fraction of sp³-hybridized carbons (Fsp3) is 0.182. The number of furan rings is 2. The SMILES string of the molecule is O=C(c1nc2c(C(F)(F)F)cc(-c3ccoc3)cn2c1Cl)N1CC=C(c2ccoc2)CC1. The number of aromatic nitrogens is 2. The van der Waals surface area contributed by atoms with E-state index in [9.17, 15) is 18.0 Å². The molecule has 0 N–H and O–H groups in total. The topological polar surface area (TPSA) is 63.9 Å². The molecule has 1 aliphatic rings. The molecule has 0 unspecified atom stereocenters. The molecule has 32 heavy (non-hydrogen) atoms. The number of hydrogen-bond donors (Lipinski definition) is 0. The summed E-state index contributed by atoms with van der Waals surface area (Å²) in [7, 11) is 0. The molecular formula is C22H15ClF3N3O3. The van der Waals surface area contributed by atoms with Crippen LogP contribution in [0.15, 0.2) is 64.4 Å². The van der Waals surface area contributed by atoms with Crippen molar-refractivity contribution in [3.8, 4) is 11.1 Å². The number of carbonyl (C=O) groups excluding carboxylic acids is 1. The minimum atomic E-state index is -4.69. The summed E-state index contributed by atoms with van der Waals surface area (Å²) in [6, 6.07) is 4.34. The summed E-state index contributed by atoms with van der Waals surface area (Å²) < 4.78 is 52.5. The van der Waals surface area contributed by atoms with Crippen molar-refractivity contribution in [2.45, 2.75) is 12.6 Å². The number of imidazole rings is 1. The molecule has 0 fully saturated rings. The van der Waals surface area contributed by atoms with E-state index in [-0.39, 0.29) is 23.0 Å². The third-order valence-corrected chi connectivity index (χ3v) is 5.77. The summed E-state index contributed by atoms with van der Waals surface area (Å²) in [4.78, 5) is 18.6. The molecule has 0 atom stereocenters. The van der Waals surface area contributed by atoms with E-state index in [4.69, 9.17) is 20.4 Å². The summed E-state index contributed by atoms with van der Waals surface area (Å²) in [6.07, 6.45) is 5.06. The Kier molecular flexibility index (Phi) is 4.85. The van der Waals surface area contributed by atoms with E-state index in [1.165, 1.54) is 29.7 Å². The third-order valence-electron chi connectivity index (χ3n) is 5.41. The van der Waals surface area contributed by atoms with Crippen molar-refractivity contribution < 1.29 is 26.8 Å². The van der Waals surface area contributed by atoms with Crippen molar-refractivity contribution in [1.29, 1.82) is 0 Å². The first-order chi connectivity index (χ1) is 15.3. The van der Waals surface area contributed by atoms with Gasteiger partial charge in [0.05, 0.1) is 30.6 Å². The van der Waals surface area contributed by atoms with E-state index in [0.717, 1.165) is 21.6 Å². The van der Waals surface area contributed by atoms with Gasteiger partial charge in [-0.3, -0.25) is 9.20 Å². The first kappa shape index (κ1) is 20.4. The van der Waals surface area contributed by atoms with Crippen molar-refractivity contribution in [3.05, 3.63) is 77.5 Å². The van der Waals surface area contributed by atoms with E-state index < -0.39 is 23.3 Å². The second-order valence-corrected chi connectivity index (χ2v) is 7.70. The van der Waals surface area contributed by atoms with E-state index in [1.54, 1.807) is 12.5 Å². The maximum Gasteiger partial charge on any atom is 0.420 e. The molecule has 0 aromatic carbocycles. The molecule has 0 aliphatic carbocycles. The number of pyridine rings is 1. The highest BCUT2D eigenvalue weighted by atomic mass is 35.5. The van der Waals surface area contributed by atoms with Crippen LogP contribution in [0.25, 0.3) is 22.3 Å². The fourth-order valence-electron chi connectivity index (χ4n) is 3.76. The van der Waals surface area contributed by atoms with Gasteiger partial charge in [0.2, 0.25) is 0 Å². The van der Waals surface area contributed by atoms with E-state index >= 15 is 0 Å². The zero-order chi connectivity index (χ0) is 22.5. The highest BCUT2D eigenvalue weighted by molar-refractivity contribution is 6.33. The Morgan fingerprint density at radius 1 is 1.09 bits per heavy atom. The average Bonchev–Trinajstić information content (AvgIpc) is 3.54. The summed E-state index contributed by atoms with van der Waals surface area (Å²) in [6.45, 7) is 0.669. The van der Waals surface area contributed by atoms with Crippen molar-refractivity contribution in [2.75, 3.05) is 13.1 Å². The lowest BCUT2D eigenvalue weighted by Crippen LogP contribution is -2.35. The van der Waals surface area contributed by atoms with Gasteiger partial charge in [0.1, 0.15) is 5.15 Å². The van der Waals surface area contributed by atoms with Crippen LogP contribution >= 0.6 is 11.6 Å². The van der Waals surface area contributed by atoms with Gasteiger partial charge in [0, 0.05) is 36.0 Å². The standard InChI is InChI=1S/C22H15ClF3N3O3/c23-19-18(21(30)28-5-1-13(2-6-28)14-3-7-31-11-14)27-20-17(22(24,25)26)9-16(10-29(19)20)15-4-8-32-12-15/h1,3-4,7-12H,2,5-6H2. The van der Waals surface area contributed by atoms with Gasteiger partial charge < -0.3 is 13.7 Å². The normalized spacial score (nSPS) is 14.8. The van der Waals surface area contributed by atoms with E-state index in [2.05, 4.69) is 4.98 Å². The number of amides is 1. The Labute approximate surface area is 184 Å². The molecule has 0 radical (unpaired) electrons. The Hall–Kier alpha value is -3.46. The number of alkyl halides is 3. The summed E-state index contributed by atoms with van der Waals surface area (Å²) in [5.74, 6) is -0.529. The Balaban J connectivity index is 1.54. The summed E-state index contributed by atoms with van der Waals surface area (Å²) in [5.41, 5.74) is 1.02. The lowest BCUT2D eigenvalue weighted by atomic mass is 10.0. The van der Waals surface area contributed by atoms with Crippen LogP contribution < -0.4 is 0 Å². The van der Waals surface area contributed by atoms with Gasteiger partial charge >= 0.3 is 6.18 Å². The molecule has 0 spiro atoms. The molecule has 0 saturated heterocycles. The van der Waals surface area contributed by atoms with Crippen LogP contribution in [0.3, 0.4) is 0 Å². The molecule has 5 heterocycles. The maximum absolute atomic E-state index is 13.8. The first-order valence-corrected chi connectivity index (χ1v) is 10.0. The molecule has 4 aromatic rings.